The van der Waals surface area contributed by atoms with Crippen LogP contribution in [0.2, 0.25) is 0 Å². The van der Waals surface area contributed by atoms with Gasteiger partial charge in [-0.25, -0.2) is 8.42 Å². The van der Waals surface area contributed by atoms with Crippen molar-refractivity contribution in [3.63, 3.8) is 0 Å². The highest BCUT2D eigenvalue weighted by Crippen LogP contribution is 2.04. The smallest absolute Gasteiger partial charge is 0.111 e. The summed E-state index contributed by atoms with van der Waals surface area (Å²) in [6, 6.07) is 0. The Morgan fingerprint density at radius 1 is 0.955 bits per heavy atom. The molecule has 0 amide bonds. The van der Waals surface area contributed by atoms with Crippen molar-refractivity contribution in [1.82, 2.24) is 4.90 Å². The number of nitrogens with zero attached hydrogens (tertiary/aromatic N) is 2. The van der Waals surface area contributed by atoms with Crippen LogP contribution < -0.4 is 0 Å². The van der Waals surface area contributed by atoms with Gasteiger partial charge in [0.2, 0.25) is 0 Å². The Kier molecular flexibility index (Phi) is 13.3. The number of quaternary nitrogens is 1. The second-order valence-electron chi connectivity index (χ2n) is 5.18. The fourth-order valence-corrected chi connectivity index (χ4v) is 2.83. The van der Waals surface area contributed by atoms with E-state index >= 15 is 0 Å². The second kappa shape index (κ2) is 12.2. The average Bonchev–Trinajstić information content (AvgIpc) is 2.49. The summed E-state index contributed by atoms with van der Waals surface area (Å²) in [5.41, 5.74) is 0. The Morgan fingerprint density at radius 3 is 1.41 bits per heavy atom. The van der Waals surface area contributed by atoms with E-state index in [0.29, 0.717) is 0 Å². The predicted molar refractivity (Wildman–Crippen MR) is 87.3 cm³/mol. The molecule has 0 aliphatic carbocycles. The fraction of sp³-hybridized carbons (Fsp3) is 1.00. The summed E-state index contributed by atoms with van der Waals surface area (Å²) in [5, 5.41) is 15.9. The first-order chi connectivity index (χ1) is 10.2. The van der Waals surface area contributed by atoms with Crippen LogP contribution in [-0.4, -0.2) is 90.4 Å². The van der Waals surface area contributed by atoms with E-state index < -0.39 is 15.5 Å². The van der Waals surface area contributed by atoms with Crippen molar-refractivity contribution in [3.8, 4) is 0 Å². The largest absolute Gasteiger partial charge is 0.747 e. The third-order valence-electron chi connectivity index (χ3n) is 4.39. The van der Waals surface area contributed by atoms with E-state index in [9.17, 15) is 13.0 Å². The molecule has 0 fully saturated rings. The summed E-state index contributed by atoms with van der Waals surface area (Å²) in [4.78, 5) is 1.21. The summed E-state index contributed by atoms with van der Waals surface area (Å²) >= 11 is 0. The van der Waals surface area contributed by atoms with Gasteiger partial charge < -0.3 is 19.2 Å². The summed E-state index contributed by atoms with van der Waals surface area (Å²) in [7, 11) is -4.39. The van der Waals surface area contributed by atoms with Crippen LogP contribution >= 0.6 is 0 Å². The lowest BCUT2D eigenvalue weighted by Gasteiger charge is -2.34. The van der Waals surface area contributed by atoms with Gasteiger partial charge in [-0.2, -0.15) is 0 Å². The van der Waals surface area contributed by atoms with Crippen molar-refractivity contribution >= 4 is 10.1 Å². The van der Waals surface area contributed by atoms with Gasteiger partial charge in [-0.1, -0.05) is 0 Å². The minimum absolute atomic E-state index is 0.0587. The van der Waals surface area contributed by atoms with Gasteiger partial charge in [-0.3, -0.25) is 4.90 Å². The maximum absolute atomic E-state index is 10.6. The topological polar surface area (TPSA) is 101 Å². The molecule has 0 rings (SSSR count). The van der Waals surface area contributed by atoms with Crippen LogP contribution in [0.25, 0.3) is 0 Å². The summed E-state index contributed by atoms with van der Waals surface area (Å²) < 4.78 is 33.0. The summed E-state index contributed by atoms with van der Waals surface area (Å²) in [6.07, 6.45) is 0. The summed E-state index contributed by atoms with van der Waals surface area (Å²) in [6.45, 7) is 15.1. The van der Waals surface area contributed by atoms with E-state index in [1.54, 1.807) is 0 Å². The highest BCUT2D eigenvalue weighted by molar-refractivity contribution is 7.86. The Labute approximate surface area is 135 Å². The van der Waals surface area contributed by atoms with Gasteiger partial charge in [0.05, 0.1) is 44.8 Å². The van der Waals surface area contributed by atoms with Gasteiger partial charge in [0.25, 0.3) is 0 Å². The molecular weight excluding hydrogens is 308 g/mol. The minimum Gasteiger partial charge on any atom is -0.747 e. The molecule has 0 aromatic heterocycles. The van der Waals surface area contributed by atoms with Crippen molar-refractivity contribution in [2.45, 2.75) is 40.0 Å². The highest BCUT2D eigenvalue weighted by atomic mass is 32.2. The molecule has 7 nitrogen and oxygen atoms in total. The first kappa shape index (κ1) is 24.0. The van der Waals surface area contributed by atoms with Crippen molar-refractivity contribution in [2.24, 2.45) is 0 Å². The van der Waals surface area contributed by atoms with Crippen molar-refractivity contribution in [1.29, 1.82) is 0 Å². The molecule has 0 aliphatic heterocycles. The molecule has 0 saturated carbocycles. The van der Waals surface area contributed by atoms with Gasteiger partial charge in [0.1, 0.15) is 10.1 Å². The van der Waals surface area contributed by atoms with Crippen LogP contribution in [-0.2, 0) is 10.1 Å². The van der Waals surface area contributed by atoms with Gasteiger partial charge in [0.15, 0.2) is 0 Å². The first-order valence-corrected chi connectivity index (χ1v) is 9.40. The Hall–Kier alpha value is -0.250. The molecule has 0 bridgehead atoms. The van der Waals surface area contributed by atoms with Gasteiger partial charge in [0, 0.05) is 13.1 Å². The van der Waals surface area contributed by atoms with Crippen LogP contribution in [0.15, 0.2) is 0 Å². The van der Waals surface area contributed by atoms with E-state index in [2.05, 4.69) is 27.7 Å². The molecule has 0 aliphatic rings. The van der Waals surface area contributed by atoms with E-state index in [0.717, 1.165) is 0 Å². The highest BCUT2D eigenvalue weighted by Gasteiger charge is 2.18. The predicted octanol–water partition coefficient (Wildman–Crippen LogP) is 0.0470. The van der Waals surface area contributed by atoms with Gasteiger partial charge in [-0.05, 0) is 34.6 Å². The maximum Gasteiger partial charge on any atom is 0.111 e. The van der Waals surface area contributed by atoms with E-state index in [4.69, 9.17) is 10.2 Å². The van der Waals surface area contributed by atoms with Crippen LogP contribution in [0.5, 0.6) is 0 Å². The Balaban J connectivity index is 0. The average molecular weight is 343 g/mol. The fourth-order valence-electron chi connectivity index (χ4n) is 2.26. The third kappa shape index (κ3) is 9.02. The third-order valence-corrected chi connectivity index (χ3v) is 5.52. The zero-order chi connectivity index (χ0) is 17.8. The van der Waals surface area contributed by atoms with Crippen molar-refractivity contribution in [3.05, 3.63) is 0 Å². The lowest BCUT2D eigenvalue weighted by atomic mass is 10.3. The molecule has 1 atom stereocenters. The minimum atomic E-state index is -4.39. The monoisotopic (exact) mass is 342 g/mol. The zero-order valence-electron chi connectivity index (χ0n) is 14.7. The Morgan fingerprint density at radius 2 is 1.27 bits per heavy atom. The van der Waals surface area contributed by atoms with Crippen molar-refractivity contribution < 1.29 is 27.7 Å². The quantitative estimate of drug-likeness (QED) is 0.430. The van der Waals surface area contributed by atoms with Crippen LogP contribution in [0.3, 0.4) is 0 Å². The van der Waals surface area contributed by atoms with E-state index in [1.807, 2.05) is 0 Å². The Bertz CT molecular complexity index is 335. The number of aliphatic hydroxyl groups is 2. The molecule has 0 saturated heterocycles. The molecule has 2 N–H and O–H groups in total. The number of hydrogen-bond acceptors (Lipinski definition) is 6. The standard InChI is InChI=1S/C8H20N.C6H15NO5S/c1-5-9(6-2,7-3)8-4;1-6(13(10,11)12)7(2-4-8)3-5-9/h5-8H2,1-4H3;6,8-9H,2-5H2,1H3,(H,10,11,12)/q+1;/p-1. The molecular formula is C14H34N2O5S. The molecule has 8 heteroatoms. The normalized spacial score (nSPS) is 13.7. The van der Waals surface area contributed by atoms with E-state index in [-0.39, 0.29) is 26.3 Å². The number of hydrogen-bond donors (Lipinski definition) is 2. The first-order valence-electron chi connectivity index (χ1n) is 7.93. The molecule has 0 aromatic rings. The molecule has 0 aromatic carbocycles. The lowest BCUT2D eigenvalue weighted by Crippen LogP contribution is -2.47. The van der Waals surface area contributed by atoms with Crippen LogP contribution in [0, 0.1) is 0 Å². The molecule has 0 radical (unpaired) electrons. The zero-order valence-corrected chi connectivity index (χ0v) is 15.5. The van der Waals surface area contributed by atoms with E-state index in [1.165, 1.54) is 42.5 Å². The van der Waals surface area contributed by atoms with Crippen LogP contribution in [0.1, 0.15) is 34.6 Å². The van der Waals surface area contributed by atoms with Crippen LogP contribution in [0.4, 0.5) is 0 Å². The molecule has 136 valence electrons. The summed E-state index contributed by atoms with van der Waals surface area (Å²) in [5.74, 6) is 0. The lowest BCUT2D eigenvalue weighted by molar-refractivity contribution is -0.921. The SMILES string of the molecule is CC(N(CCO)CCO)S(=O)(=O)[O-].CC[N+](CC)(CC)CC. The molecule has 1 unspecified atom stereocenters. The van der Waals surface area contributed by atoms with Crippen molar-refractivity contribution in [2.75, 3.05) is 52.5 Å². The molecule has 0 spiro atoms. The maximum atomic E-state index is 10.6. The second-order valence-corrected chi connectivity index (χ2v) is 6.85. The van der Waals surface area contributed by atoms with Gasteiger partial charge >= 0.3 is 0 Å². The van der Waals surface area contributed by atoms with Gasteiger partial charge in [-0.15, -0.1) is 0 Å². The molecule has 0 heterocycles. The molecule has 22 heavy (non-hydrogen) atoms. The number of rotatable bonds is 10. The number of aliphatic hydroxyl groups excluding tert-OH is 2.